The van der Waals surface area contributed by atoms with Crippen molar-refractivity contribution in [3.05, 3.63) is 24.5 Å². The zero-order valence-electron chi connectivity index (χ0n) is 13.1. The average molecular weight is 303 g/mol. The van der Waals surface area contributed by atoms with Crippen molar-refractivity contribution in [2.45, 2.75) is 18.4 Å². The number of hydrogen-bond donors (Lipinski definition) is 0. The molecule has 0 bridgehead atoms. The van der Waals surface area contributed by atoms with Crippen LogP contribution in [0.25, 0.3) is 0 Å². The molecule has 5 heteroatoms. The molecule has 1 atom stereocenters. The average Bonchev–Trinajstić information content (AvgIpc) is 3.37. The minimum atomic E-state index is -0.195. The van der Waals surface area contributed by atoms with E-state index in [4.69, 9.17) is 9.47 Å². The number of ether oxygens (including phenoxy) is 2. The summed E-state index contributed by atoms with van der Waals surface area (Å²) in [6, 6.07) is 4.12. The first kappa shape index (κ1) is 14.4. The van der Waals surface area contributed by atoms with Crippen LogP contribution in [-0.4, -0.2) is 68.0 Å². The molecule has 4 rings (SSSR count). The number of anilines is 1. The van der Waals surface area contributed by atoms with Gasteiger partial charge in [-0.05, 0) is 30.9 Å². The van der Waals surface area contributed by atoms with Crippen LogP contribution >= 0.6 is 0 Å². The Balaban J connectivity index is 1.49. The molecule has 1 aliphatic carbocycles. The summed E-state index contributed by atoms with van der Waals surface area (Å²) in [6.45, 7) is 7.34. The van der Waals surface area contributed by atoms with E-state index in [0.717, 1.165) is 51.0 Å². The summed E-state index contributed by atoms with van der Waals surface area (Å²) in [5.41, 5.74) is 0.967. The highest BCUT2D eigenvalue weighted by Gasteiger charge is 2.41. The van der Waals surface area contributed by atoms with Crippen molar-refractivity contribution in [3.63, 3.8) is 0 Å². The molecule has 3 fully saturated rings. The molecule has 1 saturated carbocycles. The molecule has 1 spiro atoms. The smallest absolute Gasteiger partial charge is 0.121 e. The molecule has 1 unspecified atom stereocenters. The Morgan fingerprint density at radius 2 is 2.18 bits per heavy atom. The van der Waals surface area contributed by atoms with E-state index in [0.29, 0.717) is 6.61 Å². The van der Waals surface area contributed by atoms with Crippen molar-refractivity contribution in [1.82, 2.24) is 9.88 Å². The molecule has 0 radical (unpaired) electrons. The molecule has 1 aromatic rings. The molecule has 3 aliphatic rings. The second-order valence-corrected chi connectivity index (χ2v) is 6.90. The molecule has 1 aromatic heterocycles. The highest BCUT2D eigenvalue weighted by Crippen LogP contribution is 2.32. The number of rotatable bonds is 3. The monoisotopic (exact) mass is 303 g/mol. The second-order valence-electron chi connectivity index (χ2n) is 6.90. The molecule has 0 N–H and O–H groups in total. The molecule has 22 heavy (non-hydrogen) atoms. The Morgan fingerprint density at radius 3 is 3.00 bits per heavy atom. The van der Waals surface area contributed by atoms with Gasteiger partial charge in [0.2, 0.25) is 0 Å². The molecule has 2 aliphatic heterocycles. The highest BCUT2D eigenvalue weighted by molar-refractivity contribution is 5.44. The number of pyridine rings is 1. The zero-order chi connectivity index (χ0) is 14.8. The Bertz CT molecular complexity index is 494. The molecular formula is C17H25N3O2. The fourth-order valence-corrected chi connectivity index (χ4v) is 3.59. The topological polar surface area (TPSA) is 37.8 Å². The van der Waals surface area contributed by atoms with Crippen LogP contribution in [0.1, 0.15) is 12.8 Å². The summed E-state index contributed by atoms with van der Waals surface area (Å²) < 4.78 is 12.1. The molecule has 0 aromatic carbocycles. The van der Waals surface area contributed by atoms with Gasteiger partial charge in [-0.25, -0.2) is 0 Å². The summed E-state index contributed by atoms with van der Waals surface area (Å²) in [5, 5.41) is 0. The fraction of sp³-hybridized carbons (Fsp3) is 0.706. The summed E-state index contributed by atoms with van der Waals surface area (Å²) in [6.07, 6.45) is 6.57. The van der Waals surface area contributed by atoms with Gasteiger partial charge in [-0.3, -0.25) is 9.88 Å². The number of nitrogens with zero attached hydrogens (tertiary/aromatic N) is 3. The quantitative estimate of drug-likeness (QED) is 0.844. The van der Waals surface area contributed by atoms with Gasteiger partial charge in [-0.2, -0.15) is 0 Å². The molecule has 0 amide bonds. The Kier molecular flexibility index (Phi) is 4.03. The first-order valence-electron chi connectivity index (χ1n) is 8.42. The van der Waals surface area contributed by atoms with Gasteiger partial charge < -0.3 is 14.4 Å². The highest BCUT2D eigenvalue weighted by atomic mass is 16.5. The molecular weight excluding hydrogens is 278 g/mol. The van der Waals surface area contributed by atoms with Crippen LogP contribution in [0, 0.1) is 5.92 Å². The first-order chi connectivity index (χ1) is 10.8. The van der Waals surface area contributed by atoms with Gasteiger partial charge in [0.25, 0.3) is 0 Å². The van der Waals surface area contributed by atoms with Crippen LogP contribution in [-0.2, 0) is 9.47 Å². The van der Waals surface area contributed by atoms with Crippen LogP contribution < -0.4 is 4.90 Å². The third-order valence-corrected chi connectivity index (χ3v) is 4.90. The summed E-state index contributed by atoms with van der Waals surface area (Å²) in [5.74, 6) is 0.927. The minimum Gasteiger partial charge on any atom is -0.376 e. The summed E-state index contributed by atoms with van der Waals surface area (Å²) >= 11 is 0. The predicted molar refractivity (Wildman–Crippen MR) is 85.1 cm³/mol. The maximum Gasteiger partial charge on any atom is 0.121 e. The van der Waals surface area contributed by atoms with Crippen LogP contribution in [0.4, 0.5) is 5.69 Å². The Labute approximate surface area is 132 Å². The van der Waals surface area contributed by atoms with E-state index in [1.807, 2.05) is 18.5 Å². The van der Waals surface area contributed by atoms with Gasteiger partial charge >= 0.3 is 0 Å². The van der Waals surface area contributed by atoms with Gasteiger partial charge in [-0.15, -0.1) is 0 Å². The van der Waals surface area contributed by atoms with E-state index in [1.165, 1.54) is 19.4 Å². The SMILES string of the molecule is c1cncc(N2CCOCC3(CN(CC4CC4)CCO3)C2)c1. The van der Waals surface area contributed by atoms with Crippen LogP contribution in [0.15, 0.2) is 24.5 Å². The molecule has 2 saturated heterocycles. The van der Waals surface area contributed by atoms with Gasteiger partial charge in [0.1, 0.15) is 5.60 Å². The molecule has 3 heterocycles. The second kappa shape index (κ2) is 6.14. The first-order valence-corrected chi connectivity index (χ1v) is 8.42. The largest absolute Gasteiger partial charge is 0.376 e. The van der Waals surface area contributed by atoms with Gasteiger partial charge in [0.05, 0.1) is 38.2 Å². The van der Waals surface area contributed by atoms with Crippen molar-refractivity contribution in [2.75, 3.05) is 57.4 Å². The molecule has 5 nitrogen and oxygen atoms in total. The number of aromatic nitrogens is 1. The Hall–Kier alpha value is -1.17. The maximum atomic E-state index is 6.24. The number of hydrogen-bond acceptors (Lipinski definition) is 5. The van der Waals surface area contributed by atoms with Crippen LogP contribution in [0.3, 0.4) is 0 Å². The third-order valence-electron chi connectivity index (χ3n) is 4.90. The lowest BCUT2D eigenvalue weighted by Gasteiger charge is -2.43. The van der Waals surface area contributed by atoms with Crippen molar-refractivity contribution in [2.24, 2.45) is 5.92 Å². The van der Waals surface area contributed by atoms with Gasteiger partial charge in [0, 0.05) is 32.4 Å². The molecule has 120 valence electrons. The fourth-order valence-electron chi connectivity index (χ4n) is 3.59. The number of morpholine rings is 1. The van der Waals surface area contributed by atoms with E-state index < -0.39 is 0 Å². The van der Waals surface area contributed by atoms with Crippen molar-refractivity contribution in [1.29, 1.82) is 0 Å². The van der Waals surface area contributed by atoms with Crippen molar-refractivity contribution >= 4 is 5.69 Å². The normalized spacial score (nSPS) is 30.5. The minimum absolute atomic E-state index is 0.195. The summed E-state index contributed by atoms with van der Waals surface area (Å²) in [7, 11) is 0. The van der Waals surface area contributed by atoms with E-state index in [1.54, 1.807) is 0 Å². The maximum absolute atomic E-state index is 6.24. The van der Waals surface area contributed by atoms with E-state index in [2.05, 4.69) is 20.9 Å². The lowest BCUT2D eigenvalue weighted by atomic mass is 10.0. The van der Waals surface area contributed by atoms with Crippen molar-refractivity contribution in [3.8, 4) is 0 Å². The third kappa shape index (κ3) is 3.26. The summed E-state index contributed by atoms with van der Waals surface area (Å²) in [4.78, 5) is 9.20. The Morgan fingerprint density at radius 1 is 1.23 bits per heavy atom. The van der Waals surface area contributed by atoms with Crippen molar-refractivity contribution < 1.29 is 9.47 Å². The van der Waals surface area contributed by atoms with Crippen LogP contribution in [0.2, 0.25) is 0 Å². The zero-order valence-corrected chi connectivity index (χ0v) is 13.1. The van der Waals surface area contributed by atoms with Gasteiger partial charge in [0.15, 0.2) is 0 Å². The van der Waals surface area contributed by atoms with Crippen LogP contribution in [0.5, 0.6) is 0 Å². The van der Waals surface area contributed by atoms with E-state index in [-0.39, 0.29) is 5.60 Å². The van der Waals surface area contributed by atoms with E-state index >= 15 is 0 Å². The predicted octanol–water partition coefficient (Wildman–Crippen LogP) is 1.40. The lowest BCUT2D eigenvalue weighted by molar-refractivity contribution is -0.133. The standard InChI is InChI=1S/C17H25N3O2/c1-2-16(10-18-5-1)20-7-8-21-14-17(13-20)12-19(6-9-22-17)11-15-3-4-15/h1-2,5,10,15H,3-4,6-9,11-14H2. The van der Waals surface area contributed by atoms with E-state index in [9.17, 15) is 0 Å². The lowest BCUT2D eigenvalue weighted by Crippen LogP contribution is -2.59. The van der Waals surface area contributed by atoms with Gasteiger partial charge in [-0.1, -0.05) is 0 Å².